The van der Waals surface area contributed by atoms with Crippen molar-refractivity contribution in [3.63, 3.8) is 0 Å². The molecule has 3 aromatic carbocycles. The van der Waals surface area contributed by atoms with E-state index in [1.807, 2.05) is 30.4 Å². The van der Waals surface area contributed by atoms with Gasteiger partial charge in [0.1, 0.15) is 30.7 Å². The predicted molar refractivity (Wildman–Crippen MR) is 227 cm³/mol. The summed E-state index contributed by atoms with van der Waals surface area (Å²) in [6, 6.07) is 18.7. The summed E-state index contributed by atoms with van der Waals surface area (Å²) in [7, 11) is 0. The van der Waals surface area contributed by atoms with E-state index in [4.69, 9.17) is 14.2 Å². The lowest BCUT2D eigenvalue weighted by atomic mass is 9.89. The number of esters is 1. The highest BCUT2D eigenvalue weighted by molar-refractivity contribution is 5.98. The first-order chi connectivity index (χ1) is 29.4. The van der Waals surface area contributed by atoms with Crippen molar-refractivity contribution in [1.82, 2.24) is 10.3 Å². The van der Waals surface area contributed by atoms with Gasteiger partial charge in [-0.15, -0.1) is 0 Å². The van der Waals surface area contributed by atoms with Crippen molar-refractivity contribution in [2.75, 3.05) is 18.5 Å². The molecule has 1 fully saturated rings. The van der Waals surface area contributed by atoms with Gasteiger partial charge >= 0.3 is 18.2 Å². The van der Waals surface area contributed by atoms with E-state index in [9.17, 15) is 42.9 Å². The number of benzene rings is 3. The quantitative estimate of drug-likeness (QED) is 0.0374. The zero-order chi connectivity index (χ0) is 44.9. The zero-order valence-corrected chi connectivity index (χ0v) is 34.9. The molecule has 5 rings (SSSR count). The first kappa shape index (κ1) is 47.3. The van der Waals surface area contributed by atoms with Crippen molar-refractivity contribution < 1.29 is 57.1 Å². The molecule has 4 aromatic rings. The number of hydrogen-bond donors (Lipinski definition) is 5. The van der Waals surface area contributed by atoms with Gasteiger partial charge in [0.2, 0.25) is 5.91 Å². The standard InChI is InChI=1S/C47H54F3N3O9/c1-46(2,3)62-45(59)52-27-40(44(58)53-35-18-17-33-26-51-22-21-32(33)23-35)31-15-13-30(14-16-31)28-61-43(57)12-7-5-4-6-11-38-39(42(56)25-41(38)55)20-19-36(54)29-60-37-10-8-9-34(24-37)47(48,49)50/h4,6,8-10,13-24,26,36,38-42,54-56H,5,7,11-12,25,27-29H2,1-3H3,(H,52,59)(H,53,58)/b6-4-,20-19+/t36?,38-,39-,40?,41+,42-/m1/s1. The number of amides is 2. The highest BCUT2D eigenvalue weighted by Gasteiger charge is 2.39. The fraction of sp³-hybridized carbons (Fsp3) is 0.404. The molecule has 5 N–H and O–H groups in total. The Kier molecular flexibility index (Phi) is 16.7. The van der Waals surface area contributed by atoms with Crippen LogP contribution >= 0.6 is 0 Å². The third-order valence-corrected chi connectivity index (χ3v) is 10.2. The fourth-order valence-corrected chi connectivity index (χ4v) is 7.03. The topological polar surface area (TPSA) is 177 Å². The maximum absolute atomic E-state index is 13.6. The number of hydrogen-bond acceptors (Lipinski definition) is 10. The van der Waals surface area contributed by atoms with Gasteiger partial charge in [0.25, 0.3) is 0 Å². The van der Waals surface area contributed by atoms with E-state index >= 15 is 0 Å². The number of nitrogens with zero attached hydrogens (tertiary/aromatic N) is 1. The lowest BCUT2D eigenvalue weighted by molar-refractivity contribution is -0.145. The van der Waals surface area contributed by atoms with Crippen molar-refractivity contribution in [1.29, 1.82) is 0 Å². The molecule has 1 saturated carbocycles. The van der Waals surface area contributed by atoms with Crippen LogP contribution in [0, 0.1) is 11.8 Å². The van der Waals surface area contributed by atoms with Crippen LogP contribution in [0.2, 0.25) is 0 Å². The number of carbonyl (C=O) groups excluding carboxylic acids is 3. The van der Waals surface area contributed by atoms with E-state index in [0.29, 0.717) is 36.1 Å². The number of nitrogens with one attached hydrogen (secondary N) is 2. The molecule has 0 spiro atoms. The van der Waals surface area contributed by atoms with Gasteiger partial charge in [0, 0.05) is 48.8 Å². The second kappa shape index (κ2) is 21.8. The molecule has 15 heteroatoms. The molecule has 2 unspecified atom stereocenters. The normalized spacial score (nSPS) is 19.0. The Morgan fingerprint density at radius 3 is 2.47 bits per heavy atom. The Bertz CT molecular complexity index is 2170. The minimum atomic E-state index is -4.52. The van der Waals surface area contributed by atoms with Gasteiger partial charge in [-0.1, -0.05) is 60.7 Å². The van der Waals surface area contributed by atoms with Gasteiger partial charge < -0.3 is 40.2 Å². The van der Waals surface area contributed by atoms with Crippen LogP contribution in [0.25, 0.3) is 10.8 Å². The fourth-order valence-electron chi connectivity index (χ4n) is 7.03. The SMILES string of the molecule is CC(C)(C)OC(=O)NCC(C(=O)Nc1ccc2cnccc2c1)c1ccc(COC(=O)CCC/C=C\C[C@@H]2[C@@H](/C=C/C(O)COc3cccc(C(F)(F)F)c3)[C@H](O)C[C@@H]2O)cc1. The third kappa shape index (κ3) is 14.7. The average molecular weight is 862 g/mol. The van der Waals surface area contributed by atoms with E-state index < -0.39 is 53.6 Å². The number of alkyl carbamates (subject to hydrolysis) is 1. The molecule has 62 heavy (non-hydrogen) atoms. The molecule has 2 amide bonds. The van der Waals surface area contributed by atoms with Crippen LogP contribution < -0.4 is 15.4 Å². The van der Waals surface area contributed by atoms with E-state index in [-0.39, 0.29) is 56.1 Å². The van der Waals surface area contributed by atoms with E-state index in [0.717, 1.165) is 22.9 Å². The molecular formula is C47H54F3N3O9. The van der Waals surface area contributed by atoms with Crippen molar-refractivity contribution in [3.05, 3.63) is 126 Å². The number of ether oxygens (including phenoxy) is 3. The summed E-state index contributed by atoms with van der Waals surface area (Å²) in [6.45, 7) is 4.94. The number of aliphatic hydroxyl groups excluding tert-OH is 3. The Hall–Kier alpha value is -5.77. The van der Waals surface area contributed by atoms with Crippen molar-refractivity contribution >= 4 is 34.4 Å². The number of unbranched alkanes of at least 4 members (excludes halogenated alkanes) is 1. The number of fused-ring (bicyclic) bond motifs is 1. The molecular weight excluding hydrogens is 808 g/mol. The lowest BCUT2D eigenvalue weighted by Gasteiger charge is -2.22. The minimum Gasteiger partial charge on any atom is -0.491 e. The summed E-state index contributed by atoms with van der Waals surface area (Å²) in [5, 5.41) is 39.0. The Morgan fingerprint density at radius 2 is 1.73 bits per heavy atom. The average Bonchev–Trinajstić information content (AvgIpc) is 3.49. The molecule has 332 valence electrons. The Balaban J connectivity index is 1.06. The molecule has 1 aliphatic rings. The van der Waals surface area contributed by atoms with Crippen LogP contribution in [-0.4, -0.2) is 75.3 Å². The van der Waals surface area contributed by atoms with Gasteiger partial charge in [0.15, 0.2) is 0 Å². The smallest absolute Gasteiger partial charge is 0.416 e. The maximum Gasteiger partial charge on any atom is 0.416 e. The van der Waals surface area contributed by atoms with Gasteiger partial charge in [0.05, 0.1) is 23.7 Å². The summed E-state index contributed by atoms with van der Waals surface area (Å²) in [6.07, 6.45) is 4.08. The van der Waals surface area contributed by atoms with Crippen molar-refractivity contribution in [2.45, 2.75) is 95.5 Å². The number of alkyl halides is 3. The molecule has 12 nitrogen and oxygen atoms in total. The number of halogens is 3. The van der Waals surface area contributed by atoms with Gasteiger partial charge in [-0.05, 0) is 98.9 Å². The summed E-state index contributed by atoms with van der Waals surface area (Å²) >= 11 is 0. The van der Waals surface area contributed by atoms with Gasteiger partial charge in [-0.3, -0.25) is 14.6 Å². The first-order valence-corrected chi connectivity index (χ1v) is 20.5. The molecule has 0 aliphatic heterocycles. The van der Waals surface area contributed by atoms with Crippen LogP contribution in [0.5, 0.6) is 5.75 Å². The maximum atomic E-state index is 13.6. The minimum absolute atomic E-state index is 0.0246. The summed E-state index contributed by atoms with van der Waals surface area (Å²) in [5.41, 5.74) is 0.347. The second-order valence-electron chi connectivity index (χ2n) is 16.3. The number of carbonyl (C=O) groups is 3. The Labute approximate surface area is 358 Å². The van der Waals surface area contributed by atoms with Crippen LogP contribution in [-0.2, 0) is 31.8 Å². The number of allylic oxidation sites excluding steroid dienone is 2. The second-order valence-corrected chi connectivity index (χ2v) is 16.3. The summed E-state index contributed by atoms with van der Waals surface area (Å²) in [4.78, 5) is 42.8. The number of pyridine rings is 1. The molecule has 0 saturated heterocycles. The number of aliphatic hydroxyl groups is 3. The van der Waals surface area contributed by atoms with Crippen LogP contribution in [0.3, 0.4) is 0 Å². The van der Waals surface area contributed by atoms with Gasteiger partial charge in [-0.2, -0.15) is 13.2 Å². The summed E-state index contributed by atoms with van der Waals surface area (Å²) < 4.78 is 55.2. The number of aromatic nitrogens is 1. The van der Waals surface area contributed by atoms with Crippen LogP contribution in [0.15, 0.2) is 109 Å². The molecule has 1 aliphatic carbocycles. The van der Waals surface area contributed by atoms with Crippen LogP contribution in [0.4, 0.5) is 23.7 Å². The molecule has 0 bridgehead atoms. The van der Waals surface area contributed by atoms with E-state index in [1.165, 1.54) is 18.2 Å². The van der Waals surface area contributed by atoms with Crippen molar-refractivity contribution in [2.24, 2.45) is 11.8 Å². The number of anilines is 1. The van der Waals surface area contributed by atoms with Crippen LogP contribution in [0.1, 0.15) is 75.5 Å². The van der Waals surface area contributed by atoms with E-state index in [2.05, 4.69) is 15.6 Å². The molecule has 0 radical (unpaired) electrons. The zero-order valence-electron chi connectivity index (χ0n) is 34.9. The molecule has 1 aromatic heterocycles. The van der Waals surface area contributed by atoms with Crippen molar-refractivity contribution in [3.8, 4) is 5.75 Å². The highest BCUT2D eigenvalue weighted by atomic mass is 19.4. The molecule has 6 atom stereocenters. The van der Waals surface area contributed by atoms with Gasteiger partial charge in [-0.25, -0.2) is 4.79 Å². The van der Waals surface area contributed by atoms with E-state index in [1.54, 1.807) is 69.6 Å². The summed E-state index contributed by atoms with van der Waals surface area (Å²) in [5.74, 6) is -2.33. The monoisotopic (exact) mass is 861 g/mol. The third-order valence-electron chi connectivity index (χ3n) is 10.2. The Morgan fingerprint density at radius 1 is 0.952 bits per heavy atom. The molecule has 1 heterocycles. The lowest BCUT2D eigenvalue weighted by Crippen LogP contribution is -2.37. The first-order valence-electron chi connectivity index (χ1n) is 20.5. The number of rotatable bonds is 18. The largest absolute Gasteiger partial charge is 0.491 e. The highest BCUT2D eigenvalue weighted by Crippen LogP contribution is 2.37. The predicted octanol–water partition coefficient (Wildman–Crippen LogP) is 8.01.